The van der Waals surface area contributed by atoms with Gasteiger partial charge in [-0.2, -0.15) is 0 Å². The number of hydrogen-bond acceptors (Lipinski definition) is 3. The minimum Gasteiger partial charge on any atom is -0.343 e. The second-order valence-electron chi connectivity index (χ2n) is 6.70. The van der Waals surface area contributed by atoms with Gasteiger partial charge < -0.3 is 4.90 Å². The molecule has 0 spiro atoms. The lowest BCUT2D eigenvalue weighted by Gasteiger charge is -2.31. The van der Waals surface area contributed by atoms with Gasteiger partial charge in [0.2, 0.25) is 5.91 Å². The monoisotopic (exact) mass is 395 g/mol. The van der Waals surface area contributed by atoms with Gasteiger partial charge in [-0.25, -0.2) is 13.2 Å². The molecule has 7 heteroatoms. The summed E-state index contributed by atoms with van der Waals surface area (Å²) in [5, 5.41) is 2.01. The van der Waals surface area contributed by atoms with E-state index in [1.54, 1.807) is 16.2 Å². The number of thiophene rings is 1. The lowest BCUT2D eigenvalue weighted by atomic mass is 9.88. The van der Waals surface area contributed by atoms with Crippen LogP contribution in [0.5, 0.6) is 0 Å². The number of halogens is 3. The number of carbonyl (C=O) groups is 2. The molecule has 0 aliphatic carbocycles. The van der Waals surface area contributed by atoms with Crippen LogP contribution >= 0.6 is 11.3 Å². The molecule has 1 aromatic heterocycles. The van der Waals surface area contributed by atoms with Crippen LogP contribution in [0.3, 0.4) is 0 Å². The van der Waals surface area contributed by atoms with Gasteiger partial charge in [-0.3, -0.25) is 9.59 Å². The summed E-state index contributed by atoms with van der Waals surface area (Å²) in [7, 11) is 0. The Morgan fingerprint density at radius 2 is 1.78 bits per heavy atom. The fourth-order valence-corrected chi connectivity index (χ4v) is 4.15. The molecule has 2 heterocycles. The highest BCUT2D eigenvalue weighted by Gasteiger charge is 2.31. The first-order valence-electron chi connectivity index (χ1n) is 8.94. The van der Waals surface area contributed by atoms with E-state index in [0.29, 0.717) is 44.5 Å². The molecule has 0 unspecified atom stereocenters. The topological polar surface area (TPSA) is 37.4 Å². The van der Waals surface area contributed by atoms with Crippen molar-refractivity contribution in [3.63, 3.8) is 0 Å². The zero-order valence-electron chi connectivity index (χ0n) is 14.7. The molecular weight excluding hydrogens is 375 g/mol. The number of ketones is 1. The van der Waals surface area contributed by atoms with Crippen molar-refractivity contribution in [3.8, 4) is 0 Å². The summed E-state index contributed by atoms with van der Waals surface area (Å²) in [4.78, 5) is 27.7. The SMILES string of the molecule is O=C(c1c(F)cc(F)cc1F)C1CCN(C(=O)CCCc2cccs2)CC1. The molecule has 144 valence electrons. The summed E-state index contributed by atoms with van der Waals surface area (Å²) in [6.07, 6.45) is 2.78. The van der Waals surface area contributed by atoms with Crippen molar-refractivity contribution in [1.82, 2.24) is 4.90 Å². The van der Waals surface area contributed by atoms with Gasteiger partial charge in [-0.15, -0.1) is 11.3 Å². The van der Waals surface area contributed by atoms with Crippen LogP contribution in [0.1, 0.15) is 40.9 Å². The average Bonchev–Trinajstić information content (AvgIpc) is 3.14. The lowest BCUT2D eigenvalue weighted by molar-refractivity contribution is -0.132. The Hall–Kier alpha value is -2.15. The molecule has 3 rings (SSSR count). The molecule has 3 nitrogen and oxygen atoms in total. The number of benzene rings is 1. The summed E-state index contributed by atoms with van der Waals surface area (Å²) < 4.78 is 40.6. The van der Waals surface area contributed by atoms with E-state index in [1.807, 2.05) is 17.5 Å². The van der Waals surface area contributed by atoms with Gasteiger partial charge >= 0.3 is 0 Å². The maximum Gasteiger partial charge on any atom is 0.222 e. The third kappa shape index (κ3) is 4.77. The molecule has 2 aromatic rings. The number of carbonyl (C=O) groups excluding carboxylic acids is 2. The number of piperidine rings is 1. The smallest absolute Gasteiger partial charge is 0.222 e. The number of nitrogens with zero attached hydrogens (tertiary/aromatic N) is 1. The molecule has 0 radical (unpaired) electrons. The molecule has 0 N–H and O–H groups in total. The standard InChI is InChI=1S/C20H20F3NO2S/c21-14-11-16(22)19(17(23)12-14)20(26)13-6-8-24(9-7-13)18(25)5-1-3-15-4-2-10-27-15/h2,4,10-13H,1,3,5-9H2. The lowest BCUT2D eigenvalue weighted by Crippen LogP contribution is -2.40. The molecule has 1 fully saturated rings. The van der Waals surface area contributed by atoms with Crippen molar-refractivity contribution in [2.45, 2.75) is 32.1 Å². The Bertz CT molecular complexity index is 792. The van der Waals surface area contributed by atoms with Crippen molar-refractivity contribution >= 4 is 23.0 Å². The molecule has 1 saturated heterocycles. The molecule has 0 atom stereocenters. The maximum atomic E-state index is 13.8. The molecule has 1 aliphatic heterocycles. The molecule has 27 heavy (non-hydrogen) atoms. The van der Waals surface area contributed by atoms with E-state index >= 15 is 0 Å². The molecule has 1 aromatic carbocycles. The number of amides is 1. The van der Waals surface area contributed by atoms with Crippen LogP contribution in [-0.2, 0) is 11.2 Å². The first-order valence-corrected chi connectivity index (χ1v) is 9.82. The first kappa shape index (κ1) is 19.6. The summed E-state index contributed by atoms with van der Waals surface area (Å²) >= 11 is 1.67. The molecular formula is C20H20F3NO2S. The summed E-state index contributed by atoms with van der Waals surface area (Å²) in [6.45, 7) is 0.775. The second kappa shape index (κ2) is 8.69. The Morgan fingerprint density at radius 3 is 2.37 bits per heavy atom. The Balaban J connectivity index is 1.51. The maximum absolute atomic E-state index is 13.8. The molecule has 1 amide bonds. The van der Waals surface area contributed by atoms with Crippen LogP contribution in [0, 0.1) is 23.4 Å². The van der Waals surface area contributed by atoms with Gasteiger partial charge in [-0.05, 0) is 37.1 Å². The van der Waals surface area contributed by atoms with Crippen LogP contribution in [-0.4, -0.2) is 29.7 Å². The fourth-order valence-electron chi connectivity index (χ4n) is 3.40. The minimum absolute atomic E-state index is 0.0385. The first-order chi connectivity index (χ1) is 13.0. The Labute approximate surface area is 159 Å². The van der Waals surface area contributed by atoms with Crippen molar-refractivity contribution in [2.24, 2.45) is 5.92 Å². The van der Waals surface area contributed by atoms with Gasteiger partial charge in [0.05, 0.1) is 5.56 Å². The van der Waals surface area contributed by atoms with Crippen LogP contribution in [0.4, 0.5) is 13.2 Å². The predicted octanol–water partition coefficient (Wildman–Crippen LogP) is 4.61. The van der Waals surface area contributed by atoms with Crippen LogP contribution in [0.2, 0.25) is 0 Å². The van der Waals surface area contributed by atoms with Gasteiger partial charge in [0.25, 0.3) is 0 Å². The van der Waals surface area contributed by atoms with Gasteiger partial charge in [0, 0.05) is 42.4 Å². The molecule has 1 aliphatic rings. The van der Waals surface area contributed by atoms with Gasteiger partial charge in [0.15, 0.2) is 5.78 Å². The summed E-state index contributed by atoms with van der Waals surface area (Å²) in [6, 6.07) is 5.06. The van der Waals surface area contributed by atoms with Crippen molar-refractivity contribution in [2.75, 3.05) is 13.1 Å². The quantitative estimate of drug-likeness (QED) is 0.670. The van der Waals surface area contributed by atoms with Gasteiger partial charge in [-0.1, -0.05) is 6.07 Å². The normalized spacial score (nSPS) is 15.1. The van der Waals surface area contributed by atoms with Crippen LogP contribution in [0.15, 0.2) is 29.6 Å². The predicted molar refractivity (Wildman–Crippen MR) is 97.2 cm³/mol. The zero-order valence-corrected chi connectivity index (χ0v) is 15.5. The van der Waals surface area contributed by atoms with Crippen molar-refractivity contribution in [3.05, 3.63) is 57.5 Å². The molecule has 0 bridgehead atoms. The van der Waals surface area contributed by atoms with E-state index in [9.17, 15) is 22.8 Å². The zero-order chi connectivity index (χ0) is 19.4. The van der Waals surface area contributed by atoms with Gasteiger partial charge in [0.1, 0.15) is 17.5 Å². The number of rotatable bonds is 6. The number of aryl methyl sites for hydroxylation is 1. The van der Waals surface area contributed by atoms with Crippen LogP contribution < -0.4 is 0 Å². The van der Waals surface area contributed by atoms with Crippen molar-refractivity contribution in [1.29, 1.82) is 0 Å². The number of likely N-dealkylation sites (tertiary alicyclic amines) is 1. The van der Waals surface area contributed by atoms with E-state index in [0.717, 1.165) is 12.8 Å². The van der Waals surface area contributed by atoms with E-state index in [-0.39, 0.29) is 5.91 Å². The Kier molecular flexibility index (Phi) is 6.31. The Morgan fingerprint density at radius 1 is 1.11 bits per heavy atom. The van der Waals surface area contributed by atoms with Crippen molar-refractivity contribution < 1.29 is 22.8 Å². The van der Waals surface area contributed by atoms with E-state index in [4.69, 9.17) is 0 Å². The average molecular weight is 395 g/mol. The number of hydrogen-bond donors (Lipinski definition) is 0. The number of Topliss-reactive ketones (excluding diaryl/α,β-unsaturated/α-hetero) is 1. The van der Waals surface area contributed by atoms with E-state index in [1.165, 1.54) is 4.88 Å². The third-order valence-electron chi connectivity index (χ3n) is 4.87. The summed E-state index contributed by atoms with van der Waals surface area (Å²) in [5.41, 5.74) is -0.683. The second-order valence-corrected chi connectivity index (χ2v) is 7.73. The fraction of sp³-hybridized carbons (Fsp3) is 0.400. The highest BCUT2D eigenvalue weighted by atomic mass is 32.1. The largest absolute Gasteiger partial charge is 0.343 e. The highest BCUT2D eigenvalue weighted by Crippen LogP contribution is 2.26. The molecule has 0 saturated carbocycles. The highest BCUT2D eigenvalue weighted by molar-refractivity contribution is 7.09. The summed E-state index contributed by atoms with van der Waals surface area (Å²) in [5.74, 6) is -4.58. The third-order valence-corrected chi connectivity index (χ3v) is 5.80. The van der Waals surface area contributed by atoms with Crippen LogP contribution in [0.25, 0.3) is 0 Å². The van der Waals surface area contributed by atoms with E-state index < -0.39 is 34.7 Å². The minimum atomic E-state index is -1.18. The van der Waals surface area contributed by atoms with E-state index in [2.05, 4.69) is 0 Å².